The van der Waals surface area contributed by atoms with Crippen LogP contribution in [0.3, 0.4) is 0 Å². The van der Waals surface area contributed by atoms with Crippen molar-refractivity contribution >= 4 is 0 Å². The van der Waals surface area contributed by atoms with E-state index in [1.54, 1.807) is 0 Å². The largest absolute Gasteiger partial charge is 0.507 e. The molecule has 88 valence electrons. The van der Waals surface area contributed by atoms with Crippen LogP contribution in [0, 0.1) is 0 Å². The molecule has 1 aliphatic rings. The SMILES string of the molecule is Oc1c2cccc1CNCCNCCNC2. The van der Waals surface area contributed by atoms with E-state index in [1.165, 1.54) is 0 Å². The van der Waals surface area contributed by atoms with Crippen LogP contribution in [0.2, 0.25) is 0 Å². The summed E-state index contributed by atoms with van der Waals surface area (Å²) >= 11 is 0. The van der Waals surface area contributed by atoms with Crippen molar-refractivity contribution in [2.75, 3.05) is 26.2 Å². The van der Waals surface area contributed by atoms with Crippen LogP contribution in [0.15, 0.2) is 18.2 Å². The van der Waals surface area contributed by atoms with E-state index < -0.39 is 0 Å². The van der Waals surface area contributed by atoms with Crippen molar-refractivity contribution in [1.82, 2.24) is 16.0 Å². The summed E-state index contributed by atoms with van der Waals surface area (Å²) in [6.07, 6.45) is 0. The summed E-state index contributed by atoms with van der Waals surface area (Å²) in [6, 6.07) is 5.92. The van der Waals surface area contributed by atoms with Gasteiger partial charge in [0.15, 0.2) is 0 Å². The summed E-state index contributed by atoms with van der Waals surface area (Å²) in [5.41, 5.74) is 1.94. The Morgan fingerprint density at radius 2 is 1.31 bits per heavy atom. The molecule has 0 aliphatic carbocycles. The number of phenols is 1. The second-order valence-corrected chi connectivity index (χ2v) is 4.03. The van der Waals surface area contributed by atoms with Gasteiger partial charge in [0.25, 0.3) is 0 Å². The van der Waals surface area contributed by atoms with Crippen molar-refractivity contribution in [3.63, 3.8) is 0 Å². The van der Waals surface area contributed by atoms with Crippen LogP contribution >= 0.6 is 0 Å². The number of fused-ring (bicyclic) bond motifs is 2. The van der Waals surface area contributed by atoms with Crippen molar-refractivity contribution in [3.05, 3.63) is 29.3 Å². The Morgan fingerprint density at radius 3 is 1.88 bits per heavy atom. The highest BCUT2D eigenvalue weighted by Crippen LogP contribution is 2.22. The van der Waals surface area contributed by atoms with Gasteiger partial charge in [-0.2, -0.15) is 0 Å². The van der Waals surface area contributed by atoms with Crippen LogP contribution in [-0.4, -0.2) is 31.3 Å². The van der Waals surface area contributed by atoms with Gasteiger partial charge in [-0.25, -0.2) is 0 Å². The standard InChI is InChI=1S/C12H19N3O/c16-12-10-2-1-3-11(12)9-15-7-5-13-4-6-14-8-10/h1-3,13-16H,4-9H2. The Hall–Kier alpha value is -1.10. The number of nitrogens with one attached hydrogen (secondary N) is 3. The van der Waals surface area contributed by atoms with Crippen LogP contribution in [-0.2, 0) is 13.1 Å². The molecule has 1 aliphatic heterocycles. The Bertz CT molecular complexity index is 313. The lowest BCUT2D eigenvalue weighted by Gasteiger charge is -2.14. The van der Waals surface area contributed by atoms with Gasteiger partial charge in [-0.1, -0.05) is 18.2 Å². The molecule has 0 atom stereocenters. The molecular weight excluding hydrogens is 202 g/mol. The lowest BCUT2D eigenvalue weighted by molar-refractivity contribution is 0.451. The van der Waals surface area contributed by atoms with Gasteiger partial charge in [-0.15, -0.1) is 0 Å². The van der Waals surface area contributed by atoms with Gasteiger partial charge in [0.2, 0.25) is 0 Å². The number of para-hydroxylation sites is 1. The van der Waals surface area contributed by atoms with Gasteiger partial charge in [-0.3, -0.25) is 0 Å². The number of hydrogen-bond acceptors (Lipinski definition) is 4. The lowest BCUT2D eigenvalue weighted by Crippen LogP contribution is -2.33. The molecule has 0 aromatic heterocycles. The maximum atomic E-state index is 10.0. The van der Waals surface area contributed by atoms with Crippen LogP contribution < -0.4 is 16.0 Å². The van der Waals surface area contributed by atoms with E-state index in [0.717, 1.165) is 50.4 Å². The molecule has 0 amide bonds. The molecule has 2 bridgehead atoms. The molecule has 0 radical (unpaired) electrons. The van der Waals surface area contributed by atoms with E-state index in [1.807, 2.05) is 18.2 Å². The van der Waals surface area contributed by atoms with Crippen LogP contribution in [0.5, 0.6) is 5.75 Å². The number of phenolic OH excluding ortho intramolecular Hbond substituents is 1. The molecule has 1 aromatic rings. The molecule has 4 nitrogen and oxygen atoms in total. The number of aromatic hydroxyl groups is 1. The van der Waals surface area contributed by atoms with E-state index in [2.05, 4.69) is 16.0 Å². The third-order valence-corrected chi connectivity index (χ3v) is 2.79. The van der Waals surface area contributed by atoms with Crippen LogP contribution in [0.1, 0.15) is 11.1 Å². The molecule has 0 unspecified atom stereocenters. The van der Waals surface area contributed by atoms with Crippen molar-refractivity contribution in [2.24, 2.45) is 0 Å². The average molecular weight is 221 g/mol. The van der Waals surface area contributed by atoms with E-state index in [0.29, 0.717) is 5.75 Å². The summed E-state index contributed by atoms with van der Waals surface area (Å²) < 4.78 is 0. The topological polar surface area (TPSA) is 56.3 Å². The van der Waals surface area contributed by atoms with Gasteiger partial charge in [0.05, 0.1) is 0 Å². The highest BCUT2D eigenvalue weighted by atomic mass is 16.3. The molecule has 1 heterocycles. The molecule has 0 saturated carbocycles. The molecule has 16 heavy (non-hydrogen) atoms. The Morgan fingerprint density at radius 1 is 0.812 bits per heavy atom. The monoisotopic (exact) mass is 221 g/mol. The van der Waals surface area contributed by atoms with Gasteiger partial charge in [0, 0.05) is 50.4 Å². The summed E-state index contributed by atoms with van der Waals surface area (Å²) in [6.45, 7) is 5.21. The lowest BCUT2D eigenvalue weighted by atomic mass is 10.1. The highest BCUT2D eigenvalue weighted by Gasteiger charge is 2.06. The minimum atomic E-state index is 0.427. The predicted octanol–water partition coefficient (Wildman–Crippen LogP) is 0.175. The van der Waals surface area contributed by atoms with Crippen molar-refractivity contribution in [1.29, 1.82) is 0 Å². The minimum absolute atomic E-state index is 0.427. The van der Waals surface area contributed by atoms with Gasteiger partial charge < -0.3 is 21.1 Å². The fourth-order valence-electron chi connectivity index (χ4n) is 1.85. The summed E-state index contributed by atoms with van der Waals surface area (Å²) in [5.74, 6) is 0.427. The molecule has 4 heteroatoms. The van der Waals surface area contributed by atoms with E-state index in [-0.39, 0.29) is 0 Å². The van der Waals surface area contributed by atoms with Crippen molar-refractivity contribution < 1.29 is 5.11 Å². The summed E-state index contributed by atoms with van der Waals surface area (Å²) in [4.78, 5) is 0. The zero-order valence-electron chi connectivity index (χ0n) is 9.42. The minimum Gasteiger partial charge on any atom is -0.507 e. The van der Waals surface area contributed by atoms with Crippen molar-refractivity contribution in [3.8, 4) is 5.75 Å². The van der Waals surface area contributed by atoms with Crippen molar-refractivity contribution in [2.45, 2.75) is 13.1 Å². The Balaban J connectivity index is 2.12. The van der Waals surface area contributed by atoms with Gasteiger partial charge >= 0.3 is 0 Å². The second kappa shape index (κ2) is 5.84. The van der Waals surface area contributed by atoms with E-state index in [4.69, 9.17) is 0 Å². The molecule has 4 N–H and O–H groups in total. The fourth-order valence-corrected chi connectivity index (χ4v) is 1.85. The number of rotatable bonds is 0. The zero-order valence-corrected chi connectivity index (χ0v) is 9.42. The van der Waals surface area contributed by atoms with Crippen LogP contribution in [0.4, 0.5) is 0 Å². The first-order valence-corrected chi connectivity index (χ1v) is 5.80. The Kier molecular flexibility index (Phi) is 4.16. The molecular formula is C12H19N3O. The van der Waals surface area contributed by atoms with Crippen LogP contribution in [0.25, 0.3) is 0 Å². The molecule has 1 aromatic carbocycles. The first-order valence-electron chi connectivity index (χ1n) is 5.80. The normalized spacial score (nSPS) is 18.5. The second-order valence-electron chi connectivity index (χ2n) is 4.03. The maximum Gasteiger partial charge on any atom is 0.124 e. The van der Waals surface area contributed by atoms with E-state index in [9.17, 15) is 5.11 Å². The van der Waals surface area contributed by atoms with Gasteiger partial charge in [-0.05, 0) is 0 Å². The molecule has 0 fully saturated rings. The zero-order chi connectivity index (χ0) is 11.2. The number of benzene rings is 1. The molecule has 0 saturated heterocycles. The Labute approximate surface area is 96.1 Å². The highest BCUT2D eigenvalue weighted by molar-refractivity contribution is 5.40. The summed E-state index contributed by atoms with van der Waals surface area (Å²) in [5, 5.41) is 20.0. The molecule has 0 spiro atoms. The summed E-state index contributed by atoms with van der Waals surface area (Å²) in [7, 11) is 0. The fraction of sp³-hybridized carbons (Fsp3) is 0.500. The molecule has 2 rings (SSSR count). The first-order chi connectivity index (χ1) is 7.88. The van der Waals surface area contributed by atoms with Gasteiger partial charge in [0.1, 0.15) is 5.75 Å². The third-order valence-electron chi connectivity index (χ3n) is 2.79. The average Bonchev–Trinajstić information content (AvgIpc) is 2.30. The predicted molar refractivity (Wildman–Crippen MR) is 64.4 cm³/mol. The van der Waals surface area contributed by atoms with E-state index >= 15 is 0 Å². The smallest absolute Gasteiger partial charge is 0.124 e. The quantitative estimate of drug-likeness (QED) is 0.505. The number of hydrogen-bond donors (Lipinski definition) is 4. The maximum absolute atomic E-state index is 10.0. The third kappa shape index (κ3) is 2.95. The first kappa shape index (κ1) is 11.4.